The van der Waals surface area contributed by atoms with Crippen LogP contribution in [-0.2, 0) is 16.2 Å². The van der Waals surface area contributed by atoms with Gasteiger partial charge in [-0.25, -0.2) is 9.69 Å². The number of carbonyl (C=O) groups excluding carboxylic acids is 3. The van der Waals surface area contributed by atoms with Crippen molar-refractivity contribution in [1.82, 2.24) is 9.88 Å². The molecule has 4 amide bonds. The molecule has 0 atom stereocenters. The molecule has 202 valence electrons. The number of urea groups is 1. The molecule has 0 bridgehead atoms. The van der Waals surface area contributed by atoms with Crippen molar-refractivity contribution in [1.29, 1.82) is 0 Å². The number of ether oxygens (including phenoxy) is 1. The summed E-state index contributed by atoms with van der Waals surface area (Å²) in [6, 6.07) is 21.4. The normalized spacial score (nSPS) is 14.6. The van der Waals surface area contributed by atoms with Gasteiger partial charge in [0.25, 0.3) is 11.8 Å². The quantitative estimate of drug-likeness (QED) is 0.185. The van der Waals surface area contributed by atoms with E-state index in [4.69, 9.17) is 16.3 Å². The molecule has 0 radical (unpaired) electrons. The average molecular weight is 619 g/mol. The number of benzene rings is 3. The second-order valence-corrected chi connectivity index (χ2v) is 10.7. The molecule has 1 aliphatic rings. The minimum Gasteiger partial charge on any atom is -0.489 e. The number of halogens is 2. The fourth-order valence-electron chi connectivity index (χ4n) is 4.61. The molecule has 1 aromatic heterocycles. The smallest absolute Gasteiger partial charge is 0.335 e. The van der Waals surface area contributed by atoms with Gasteiger partial charge in [-0.2, -0.15) is 0 Å². The van der Waals surface area contributed by atoms with E-state index in [2.05, 4.69) is 21.2 Å². The van der Waals surface area contributed by atoms with E-state index in [0.717, 1.165) is 37.6 Å². The molecule has 0 unspecified atom stereocenters. The van der Waals surface area contributed by atoms with E-state index in [1.165, 1.54) is 6.08 Å². The van der Waals surface area contributed by atoms with Crippen molar-refractivity contribution in [3.05, 3.63) is 116 Å². The third-order valence-corrected chi connectivity index (χ3v) is 7.98. The maximum absolute atomic E-state index is 13.4. The van der Waals surface area contributed by atoms with Crippen LogP contribution >= 0.6 is 27.5 Å². The van der Waals surface area contributed by atoms with Gasteiger partial charge in [-0.3, -0.25) is 14.9 Å². The van der Waals surface area contributed by atoms with E-state index in [0.29, 0.717) is 28.6 Å². The van der Waals surface area contributed by atoms with Crippen LogP contribution in [0.1, 0.15) is 28.1 Å². The number of nitrogens with one attached hydrogen (secondary N) is 1. The van der Waals surface area contributed by atoms with Crippen LogP contribution in [0.5, 0.6) is 5.75 Å². The molecule has 7 nitrogen and oxygen atoms in total. The summed E-state index contributed by atoms with van der Waals surface area (Å²) in [5.74, 6) is -0.712. The Morgan fingerprint density at radius 1 is 0.925 bits per heavy atom. The molecule has 0 aliphatic carbocycles. The van der Waals surface area contributed by atoms with Gasteiger partial charge < -0.3 is 9.30 Å². The highest BCUT2D eigenvalue weighted by Crippen LogP contribution is 2.29. The first-order valence-corrected chi connectivity index (χ1v) is 13.6. The average Bonchev–Trinajstić information content (AvgIpc) is 3.20. The Morgan fingerprint density at radius 2 is 1.62 bits per heavy atom. The molecule has 1 N–H and O–H groups in total. The predicted octanol–water partition coefficient (Wildman–Crippen LogP) is 7.06. The number of amides is 4. The molecule has 1 fully saturated rings. The maximum atomic E-state index is 13.4. The second-order valence-electron chi connectivity index (χ2n) is 9.43. The van der Waals surface area contributed by atoms with Gasteiger partial charge >= 0.3 is 6.03 Å². The summed E-state index contributed by atoms with van der Waals surface area (Å²) in [5.41, 5.74) is 5.34. The summed E-state index contributed by atoms with van der Waals surface area (Å²) >= 11 is 9.65. The van der Waals surface area contributed by atoms with Gasteiger partial charge in [0.2, 0.25) is 0 Å². The first-order chi connectivity index (χ1) is 19.1. The number of carbonyl (C=O) groups is 3. The van der Waals surface area contributed by atoms with Crippen molar-refractivity contribution in [3.63, 3.8) is 0 Å². The number of imide groups is 2. The third-order valence-electron chi connectivity index (χ3n) is 6.72. The highest BCUT2D eigenvalue weighted by atomic mass is 79.9. The van der Waals surface area contributed by atoms with Gasteiger partial charge in [-0.05, 0) is 92.6 Å². The minimum atomic E-state index is -0.781. The number of aryl methyl sites for hydroxylation is 2. The van der Waals surface area contributed by atoms with E-state index in [-0.39, 0.29) is 5.57 Å². The number of anilines is 1. The molecule has 40 heavy (non-hydrogen) atoms. The molecular formula is C31H25BrClN3O4. The number of hydrogen-bond donors (Lipinski definition) is 1. The van der Waals surface area contributed by atoms with Crippen LogP contribution in [0, 0.1) is 20.8 Å². The monoisotopic (exact) mass is 617 g/mol. The summed E-state index contributed by atoms with van der Waals surface area (Å²) in [7, 11) is 0. The number of hydrogen-bond acceptors (Lipinski definition) is 4. The lowest BCUT2D eigenvalue weighted by atomic mass is 10.1. The number of aromatic nitrogens is 1. The lowest BCUT2D eigenvalue weighted by Crippen LogP contribution is -2.54. The van der Waals surface area contributed by atoms with E-state index < -0.39 is 17.8 Å². The molecule has 1 aliphatic heterocycles. The van der Waals surface area contributed by atoms with E-state index in [9.17, 15) is 14.4 Å². The summed E-state index contributed by atoms with van der Waals surface area (Å²) < 4.78 is 8.77. The van der Waals surface area contributed by atoms with Gasteiger partial charge in [0, 0.05) is 32.1 Å². The van der Waals surface area contributed by atoms with Gasteiger partial charge in [-0.1, -0.05) is 45.7 Å². The molecule has 4 aromatic rings. The Morgan fingerprint density at radius 3 is 2.33 bits per heavy atom. The minimum absolute atomic E-state index is 0.122. The Balaban J connectivity index is 1.41. The Labute approximate surface area is 245 Å². The molecular weight excluding hydrogens is 594 g/mol. The van der Waals surface area contributed by atoms with Crippen LogP contribution in [-0.4, -0.2) is 22.4 Å². The predicted molar refractivity (Wildman–Crippen MR) is 159 cm³/mol. The SMILES string of the molecule is Cc1cc(N2C(=O)NC(=O)/C(=C\c3cc(C)n(-c4ccc(OCc5ccccc5Cl)cc4)c3C)C2=O)ccc1Br. The molecule has 5 rings (SSSR count). The molecule has 1 saturated heterocycles. The Kier molecular flexibility index (Phi) is 7.65. The summed E-state index contributed by atoms with van der Waals surface area (Å²) in [4.78, 5) is 39.7. The van der Waals surface area contributed by atoms with Gasteiger partial charge in [0.15, 0.2) is 0 Å². The highest BCUT2D eigenvalue weighted by molar-refractivity contribution is 9.10. The van der Waals surface area contributed by atoms with Gasteiger partial charge in [-0.15, -0.1) is 0 Å². The summed E-state index contributed by atoms with van der Waals surface area (Å²) in [5, 5.41) is 2.94. The van der Waals surface area contributed by atoms with Gasteiger partial charge in [0.1, 0.15) is 17.9 Å². The summed E-state index contributed by atoms with van der Waals surface area (Å²) in [6.07, 6.45) is 1.53. The van der Waals surface area contributed by atoms with Crippen molar-refractivity contribution < 1.29 is 19.1 Å². The molecule has 2 heterocycles. The largest absolute Gasteiger partial charge is 0.489 e. The van der Waals surface area contributed by atoms with E-state index >= 15 is 0 Å². The number of rotatable bonds is 6. The number of barbiturate groups is 1. The zero-order chi connectivity index (χ0) is 28.6. The molecule has 0 spiro atoms. The van der Waals surface area contributed by atoms with Crippen LogP contribution in [0.4, 0.5) is 10.5 Å². The second kappa shape index (κ2) is 11.2. The Hall–Kier alpha value is -4.14. The van der Waals surface area contributed by atoms with Crippen molar-refractivity contribution in [2.75, 3.05) is 4.90 Å². The van der Waals surface area contributed by atoms with Crippen molar-refractivity contribution in [3.8, 4) is 11.4 Å². The van der Waals surface area contributed by atoms with Crippen LogP contribution in [0.2, 0.25) is 5.02 Å². The lowest BCUT2D eigenvalue weighted by molar-refractivity contribution is -0.122. The number of nitrogens with zero attached hydrogens (tertiary/aromatic N) is 2. The first-order valence-electron chi connectivity index (χ1n) is 12.5. The maximum Gasteiger partial charge on any atom is 0.335 e. The zero-order valence-corrected chi connectivity index (χ0v) is 24.3. The molecule has 0 saturated carbocycles. The van der Waals surface area contributed by atoms with Crippen LogP contribution in [0.25, 0.3) is 11.8 Å². The standard InChI is InChI=1S/C31H25BrClN3O4/c1-18-14-24(10-13-27(18)32)36-30(38)26(29(37)34-31(36)39)16-22-15-19(2)35(20(22)3)23-8-11-25(12-9-23)40-17-21-6-4-5-7-28(21)33/h4-16H,17H2,1-3H3,(H,34,37,39)/b26-16+. The van der Waals surface area contributed by atoms with Crippen LogP contribution < -0.4 is 15.0 Å². The van der Waals surface area contributed by atoms with Crippen molar-refractivity contribution in [2.24, 2.45) is 0 Å². The van der Waals surface area contributed by atoms with Gasteiger partial charge in [0.05, 0.1) is 5.69 Å². The fraction of sp³-hybridized carbons (Fsp3) is 0.129. The van der Waals surface area contributed by atoms with Crippen molar-refractivity contribution in [2.45, 2.75) is 27.4 Å². The van der Waals surface area contributed by atoms with E-state index in [1.54, 1.807) is 18.2 Å². The fourth-order valence-corrected chi connectivity index (χ4v) is 5.05. The Bertz CT molecular complexity index is 1690. The third kappa shape index (κ3) is 5.33. The lowest BCUT2D eigenvalue weighted by Gasteiger charge is -2.26. The first kappa shape index (κ1) is 27.4. The van der Waals surface area contributed by atoms with Crippen molar-refractivity contribution >= 4 is 57.1 Å². The van der Waals surface area contributed by atoms with Crippen LogP contribution in [0.15, 0.2) is 82.8 Å². The molecule has 9 heteroatoms. The topological polar surface area (TPSA) is 80.6 Å². The van der Waals surface area contributed by atoms with E-state index in [1.807, 2.05) is 79.9 Å². The summed E-state index contributed by atoms with van der Waals surface area (Å²) in [6.45, 7) is 6.06. The van der Waals surface area contributed by atoms with Crippen LogP contribution in [0.3, 0.4) is 0 Å². The highest BCUT2D eigenvalue weighted by Gasteiger charge is 2.37. The molecule has 3 aromatic carbocycles. The zero-order valence-electron chi connectivity index (χ0n) is 22.0.